The summed E-state index contributed by atoms with van der Waals surface area (Å²) in [5.41, 5.74) is 3.07. The second-order valence-corrected chi connectivity index (χ2v) is 5.23. The number of H-pyrrole nitrogens is 1. The van der Waals surface area contributed by atoms with E-state index in [4.69, 9.17) is 0 Å². The number of unbranched alkanes of at least 4 members (excludes halogenated alkanes) is 1. The van der Waals surface area contributed by atoms with Gasteiger partial charge in [0, 0.05) is 12.1 Å². The highest BCUT2D eigenvalue weighted by molar-refractivity contribution is 5.63. The third kappa shape index (κ3) is 2.80. The number of aryl methyl sites for hydroxylation is 1. The molecule has 0 bridgehead atoms. The zero-order chi connectivity index (χ0) is 13.8. The predicted molar refractivity (Wildman–Crippen MR) is 79.5 cm³/mol. The first-order chi connectivity index (χ1) is 9.15. The molecule has 2 rings (SSSR count). The number of aromatic amines is 1. The van der Waals surface area contributed by atoms with Crippen LogP contribution in [0.2, 0.25) is 0 Å². The second kappa shape index (κ2) is 5.91. The molecule has 1 aromatic carbocycles. The van der Waals surface area contributed by atoms with Gasteiger partial charge < -0.3 is 0 Å². The summed E-state index contributed by atoms with van der Waals surface area (Å²) in [6.07, 6.45) is 2.11. The Kier molecular flexibility index (Phi) is 4.25. The van der Waals surface area contributed by atoms with Gasteiger partial charge in [-0.15, -0.1) is 0 Å². The highest BCUT2D eigenvalue weighted by atomic mass is 16.1. The van der Waals surface area contributed by atoms with Gasteiger partial charge in [-0.05, 0) is 17.9 Å². The van der Waals surface area contributed by atoms with E-state index in [-0.39, 0.29) is 11.5 Å². The van der Waals surface area contributed by atoms with E-state index in [2.05, 4.69) is 25.9 Å². The van der Waals surface area contributed by atoms with Crippen LogP contribution in [0.25, 0.3) is 11.3 Å². The lowest BCUT2D eigenvalue weighted by Gasteiger charge is -2.04. The molecule has 0 fully saturated rings. The Hall–Kier alpha value is -1.77. The average molecular weight is 258 g/mol. The topological polar surface area (TPSA) is 37.8 Å². The van der Waals surface area contributed by atoms with Crippen molar-refractivity contribution in [2.75, 3.05) is 0 Å². The Morgan fingerprint density at radius 3 is 2.47 bits per heavy atom. The molecule has 0 aliphatic heterocycles. The van der Waals surface area contributed by atoms with Gasteiger partial charge in [-0.2, -0.15) is 0 Å². The van der Waals surface area contributed by atoms with Gasteiger partial charge >= 0.3 is 0 Å². The molecule has 0 amide bonds. The summed E-state index contributed by atoms with van der Waals surface area (Å²) in [7, 11) is 0. The fraction of sp³-hybridized carbons (Fsp3) is 0.438. The number of benzene rings is 1. The number of hydrogen-bond donors (Lipinski definition) is 1. The van der Waals surface area contributed by atoms with E-state index in [1.165, 1.54) is 0 Å². The van der Waals surface area contributed by atoms with Crippen LogP contribution in [0.15, 0.2) is 35.1 Å². The van der Waals surface area contributed by atoms with Gasteiger partial charge in [0.05, 0.1) is 5.69 Å². The Balaban J connectivity index is 2.51. The maximum Gasteiger partial charge on any atom is 0.270 e. The lowest BCUT2D eigenvalue weighted by molar-refractivity contribution is 0.556. The van der Waals surface area contributed by atoms with Crippen LogP contribution in [0.5, 0.6) is 0 Å². The first-order valence-electron chi connectivity index (χ1n) is 7.03. The molecule has 0 aliphatic rings. The fourth-order valence-electron chi connectivity index (χ4n) is 2.33. The molecule has 1 heterocycles. The molecule has 0 saturated heterocycles. The van der Waals surface area contributed by atoms with E-state index in [0.717, 1.165) is 36.2 Å². The van der Waals surface area contributed by atoms with Crippen molar-refractivity contribution in [2.24, 2.45) is 0 Å². The molecule has 0 saturated carbocycles. The van der Waals surface area contributed by atoms with Crippen molar-refractivity contribution in [3.63, 3.8) is 0 Å². The summed E-state index contributed by atoms with van der Waals surface area (Å²) in [4.78, 5) is 12.4. The van der Waals surface area contributed by atoms with Crippen molar-refractivity contribution >= 4 is 0 Å². The SMILES string of the molecule is CCCCn1[nH]c(-c2ccccc2)c(C(C)C)c1=O. The van der Waals surface area contributed by atoms with Crippen LogP contribution in [0.1, 0.15) is 45.1 Å². The summed E-state index contributed by atoms with van der Waals surface area (Å²) in [6, 6.07) is 10.1. The number of nitrogens with zero attached hydrogens (tertiary/aromatic N) is 1. The molecule has 1 aromatic heterocycles. The maximum absolute atomic E-state index is 12.4. The minimum absolute atomic E-state index is 0.127. The molecule has 0 aliphatic carbocycles. The standard InChI is InChI=1S/C16H22N2O/c1-4-5-11-18-16(19)14(12(2)3)15(17-18)13-9-7-6-8-10-13/h6-10,12,17H,4-5,11H2,1-3H3. The first kappa shape index (κ1) is 13.7. The smallest absolute Gasteiger partial charge is 0.270 e. The quantitative estimate of drug-likeness (QED) is 0.871. The molecule has 1 N–H and O–H groups in total. The molecule has 19 heavy (non-hydrogen) atoms. The second-order valence-electron chi connectivity index (χ2n) is 5.23. The van der Waals surface area contributed by atoms with E-state index in [1.54, 1.807) is 4.68 Å². The molecular weight excluding hydrogens is 236 g/mol. The van der Waals surface area contributed by atoms with Crippen LogP contribution in [0.3, 0.4) is 0 Å². The van der Waals surface area contributed by atoms with Gasteiger partial charge in [0.1, 0.15) is 0 Å². The highest BCUT2D eigenvalue weighted by Gasteiger charge is 2.17. The Morgan fingerprint density at radius 1 is 1.21 bits per heavy atom. The summed E-state index contributed by atoms with van der Waals surface area (Å²) >= 11 is 0. The van der Waals surface area contributed by atoms with Gasteiger partial charge in [-0.25, -0.2) is 0 Å². The fourth-order valence-corrected chi connectivity index (χ4v) is 2.33. The first-order valence-corrected chi connectivity index (χ1v) is 7.03. The number of rotatable bonds is 5. The number of aromatic nitrogens is 2. The Morgan fingerprint density at radius 2 is 1.89 bits per heavy atom. The third-order valence-corrected chi connectivity index (χ3v) is 3.37. The van der Waals surface area contributed by atoms with Crippen LogP contribution in [0, 0.1) is 0 Å². The Bertz CT molecular complexity index is 579. The zero-order valence-electron chi connectivity index (χ0n) is 11.9. The monoisotopic (exact) mass is 258 g/mol. The molecular formula is C16H22N2O. The van der Waals surface area contributed by atoms with Crippen molar-refractivity contribution in [1.29, 1.82) is 0 Å². The van der Waals surface area contributed by atoms with Crippen molar-refractivity contribution in [3.8, 4) is 11.3 Å². The van der Waals surface area contributed by atoms with E-state index >= 15 is 0 Å². The number of nitrogens with one attached hydrogen (secondary N) is 1. The van der Waals surface area contributed by atoms with E-state index in [1.807, 2.05) is 30.3 Å². The summed E-state index contributed by atoms with van der Waals surface area (Å²) in [5.74, 6) is 0.224. The van der Waals surface area contributed by atoms with E-state index in [9.17, 15) is 4.79 Å². The third-order valence-electron chi connectivity index (χ3n) is 3.37. The lowest BCUT2D eigenvalue weighted by atomic mass is 9.99. The van der Waals surface area contributed by atoms with Crippen molar-refractivity contribution in [2.45, 2.75) is 46.1 Å². The van der Waals surface area contributed by atoms with Crippen molar-refractivity contribution in [3.05, 3.63) is 46.2 Å². The van der Waals surface area contributed by atoms with Gasteiger partial charge in [-0.3, -0.25) is 14.6 Å². The molecule has 3 heteroatoms. The highest BCUT2D eigenvalue weighted by Crippen LogP contribution is 2.24. The molecule has 0 radical (unpaired) electrons. The van der Waals surface area contributed by atoms with Crippen LogP contribution >= 0.6 is 0 Å². The molecule has 102 valence electrons. The van der Waals surface area contributed by atoms with Crippen LogP contribution in [-0.4, -0.2) is 9.78 Å². The van der Waals surface area contributed by atoms with Crippen molar-refractivity contribution in [1.82, 2.24) is 9.78 Å². The summed E-state index contributed by atoms with van der Waals surface area (Å²) in [6.45, 7) is 7.04. The minimum atomic E-state index is 0.127. The van der Waals surface area contributed by atoms with E-state index < -0.39 is 0 Å². The minimum Gasteiger partial charge on any atom is -0.295 e. The lowest BCUT2D eigenvalue weighted by Crippen LogP contribution is -2.19. The van der Waals surface area contributed by atoms with Crippen molar-refractivity contribution < 1.29 is 0 Å². The van der Waals surface area contributed by atoms with Crippen LogP contribution in [-0.2, 0) is 6.54 Å². The van der Waals surface area contributed by atoms with E-state index in [0.29, 0.717) is 0 Å². The van der Waals surface area contributed by atoms with Gasteiger partial charge in [0.25, 0.3) is 5.56 Å². The zero-order valence-corrected chi connectivity index (χ0v) is 11.9. The molecule has 0 atom stereocenters. The molecule has 2 aromatic rings. The molecule has 3 nitrogen and oxygen atoms in total. The molecule has 0 unspecified atom stereocenters. The average Bonchev–Trinajstić information content (AvgIpc) is 2.74. The molecule has 0 spiro atoms. The summed E-state index contributed by atoms with van der Waals surface area (Å²) in [5, 5.41) is 3.29. The van der Waals surface area contributed by atoms with Crippen LogP contribution in [0.4, 0.5) is 0 Å². The Labute approximate surface area is 114 Å². The van der Waals surface area contributed by atoms with Crippen LogP contribution < -0.4 is 5.56 Å². The van der Waals surface area contributed by atoms with Gasteiger partial charge in [-0.1, -0.05) is 57.5 Å². The summed E-state index contributed by atoms with van der Waals surface area (Å²) < 4.78 is 1.75. The maximum atomic E-state index is 12.4. The normalized spacial score (nSPS) is 11.2. The van der Waals surface area contributed by atoms with Gasteiger partial charge in [0.15, 0.2) is 0 Å². The van der Waals surface area contributed by atoms with Gasteiger partial charge in [0.2, 0.25) is 0 Å². The largest absolute Gasteiger partial charge is 0.295 e. The predicted octanol–water partition coefficient (Wildman–Crippen LogP) is 3.77. The number of hydrogen-bond acceptors (Lipinski definition) is 1.